The number of aryl methyl sites for hydroxylation is 1. The second-order valence-corrected chi connectivity index (χ2v) is 13.7. The predicted octanol–water partition coefficient (Wildman–Crippen LogP) is 10.3. The smallest absolute Gasteiger partial charge is 0.407 e. The number of rotatable bonds is 12. The molecule has 1 unspecified atom stereocenters. The van der Waals surface area contributed by atoms with Gasteiger partial charge in [-0.15, -0.1) is 0 Å². The Labute approximate surface area is 289 Å². The molecular formula is C43H42ClNO3. The van der Waals surface area contributed by atoms with Crippen LogP contribution in [-0.4, -0.2) is 24.5 Å². The first-order valence-electron chi connectivity index (χ1n) is 16.8. The number of benzene rings is 5. The lowest BCUT2D eigenvalue weighted by Crippen LogP contribution is -2.40. The van der Waals surface area contributed by atoms with E-state index in [1.807, 2.05) is 66.7 Å². The summed E-state index contributed by atoms with van der Waals surface area (Å²) in [7, 11) is 0. The summed E-state index contributed by atoms with van der Waals surface area (Å²) in [6.45, 7) is 6.47. The van der Waals surface area contributed by atoms with Gasteiger partial charge in [-0.25, -0.2) is 4.79 Å². The average Bonchev–Trinajstić information content (AvgIpc) is 3.40. The van der Waals surface area contributed by atoms with Crippen LogP contribution in [0.3, 0.4) is 0 Å². The van der Waals surface area contributed by atoms with Crippen LogP contribution < -0.4 is 5.32 Å². The summed E-state index contributed by atoms with van der Waals surface area (Å²) in [6.07, 6.45) is 0.498. The quantitative estimate of drug-likeness (QED) is 0.136. The SMILES string of the molecule is Cc1ccc(C(CC(=O)C[C@@H](CC(C)C)NC(=O)OCC2c3ccccc3-c3ccccc32)(c2ccccc2)c2ccccc2Cl)cc1. The predicted molar refractivity (Wildman–Crippen MR) is 195 cm³/mol. The van der Waals surface area contributed by atoms with Gasteiger partial charge in [0.05, 0.1) is 5.41 Å². The normalized spacial score (nSPS) is 14.1. The highest BCUT2D eigenvalue weighted by atomic mass is 35.5. The molecule has 1 N–H and O–H groups in total. The zero-order valence-corrected chi connectivity index (χ0v) is 28.5. The van der Waals surface area contributed by atoms with Crippen molar-refractivity contribution < 1.29 is 14.3 Å². The molecule has 6 rings (SSSR count). The van der Waals surface area contributed by atoms with Crippen LogP contribution in [0.15, 0.2) is 127 Å². The Kier molecular flexibility index (Phi) is 10.1. The zero-order valence-electron chi connectivity index (χ0n) is 27.8. The molecule has 1 aliphatic rings. The van der Waals surface area contributed by atoms with Gasteiger partial charge in [0.25, 0.3) is 0 Å². The highest BCUT2D eigenvalue weighted by Gasteiger charge is 2.40. The van der Waals surface area contributed by atoms with E-state index in [0.29, 0.717) is 11.4 Å². The maximum absolute atomic E-state index is 14.3. The largest absolute Gasteiger partial charge is 0.449 e. The molecule has 0 heterocycles. The van der Waals surface area contributed by atoms with Crippen LogP contribution in [0.25, 0.3) is 11.1 Å². The fourth-order valence-corrected chi connectivity index (χ4v) is 7.65. The molecule has 0 bridgehead atoms. The lowest BCUT2D eigenvalue weighted by Gasteiger charge is -2.36. The van der Waals surface area contributed by atoms with E-state index in [0.717, 1.165) is 33.4 Å². The summed E-state index contributed by atoms with van der Waals surface area (Å²) < 4.78 is 5.89. The summed E-state index contributed by atoms with van der Waals surface area (Å²) >= 11 is 6.93. The van der Waals surface area contributed by atoms with Gasteiger partial charge in [-0.3, -0.25) is 4.79 Å². The van der Waals surface area contributed by atoms with E-state index in [-0.39, 0.29) is 43.1 Å². The zero-order chi connectivity index (χ0) is 33.7. The first-order chi connectivity index (χ1) is 23.3. The lowest BCUT2D eigenvalue weighted by molar-refractivity contribution is -0.120. The number of hydrogen-bond acceptors (Lipinski definition) is 3. The first kappa shape index (κ1) is 33.2. The fourth-order valence-electron chi connectivity index (χ4n) is 7.36. The average molecular weight is 656 g/mol. The molecule has 5 heteroatoms. The Morgan fingerprint density at radius 3 is 1.94 bits per heavy atom. The van der Waals surface area contributed by atoms with E-state index >= 15 is 0 Å². The van der Waals surface area contributed by atoms with E-state index in [9.17, 15) is 9.59 Å². The third-order valence-electron chi connectivity index (χ3n) is 9.50. The Morgan fingerprint density at radius 1 is 0.750 bits per heavy atom. The van der Waals surface area contributed by atoms with Gasteiger partial charge < -0.3 is 10.1 Å². The van der Waals surface area contributed by atoms with Crippen LogP contribution >= 0.6 is 11.6 Å². The van der Waals surface area contributed by atoms with Crippen LogP contribution in [0.4, 0.5) is 4.79 Å². The Morgan fingerprint density at radius 2 is 1.31 bits per heavy atom. The molecule has 0 saturated carbocycles. The van der Waals surface area contributed by atoms with E-state index in [4.69, 9.17) is 16.3 Å². The van der Waals surface area contributed by atoms with Crippen molar-refractivity contribution in [2.24, 2.45) is 5.92 Å². The molecular weight excluding hydrogens is 614 g/mol. The van der Waals surface area contributed by atoms with E-state index < -0.39 is 11.5 Å². The summed E-state index contributed by atoms with van der Waals surface area (Å²) in [5.41, 5.74) is 7.85. The Balaban J connectivity index is 1.24. The number of ether oxygens (including phenoxy) is 1. The number of ketones is 1. The van der Waals surface area contributed by atoms with E-state index in [1.54, 1.807) is 0 Å². The number of hydrogen-bond donors (Lipinski definition) is 1. The third-order valence-corrected chi connectivity index (χ3v) is 9.83. The number of halogens is 1. The molecule has 0 aliphatic heterocycles. The van der Waals surface area contributed by atoms with Crippen LogP contribution in [0.1, 0.15) is 72.4 Å². The number of nitrogens with one attached hydrogen (secondary N) is 1. The molecule has 0 saturated heterocycles. The third kappa shape index (κ3) is 6.95. The van der Waals surface area contributed by atoms with Crippen molar-refractivity contribution in [3.63, 3.8) is 0 Å². The number of amides is 1. The standard InChI is InChI=1S/C43H42ClNO3/c1-29(2)25-33(45-42(47)48-28-39-37-17-9-7-15-35(37)36-16-8-10-18-38(36)39)26-34(46)27-43(31-13-5-4-6-14-31,32-23-21-30(3)22-24-32)40-19-11-12-20-41(40)44/h4-24,29,33,39H,25-28H2,1-3H3,(H,45,47)/t33-,43?/m1/s1. The van der Waals surface area contributed by atoms with Crippen LogP contribution in [0.2, 0.25) is 5.02 Å². The fraction of sp³-hybridized carbons (Fsp3) is 0.256. The molecule has 0 spiro atoms. The van der Waals surface area contributed by atoms with E-state index in [1.165, 1.54) is 11.1 Å². The van der Waals surface area contributed by atoms with Gasteiger partial charge in [-0.2, -0.15) is 0 Å². The highest BCUT2D eigenvalue weighted by molar-refractivity contribution is 6.31. The molecule has 48 heavy (non-hydrogen) atoms. The number of carbonyl (C=O) groups is 2. The van der Waals surface area contributed by atoms with Crippen molar-refractivity contribution in [2.45, 2.75) is 57.4 Å². The minimum Gasteiger partial charge on any atom is -0.449 e. The summed E-state index contributed by atoms with van der Waals surface area (Å²) in [4.78, 5) is 27.7. The lowest BCUT2D eigenvalue weighted by atomic mass is 9.66. The highest BCUT2D eigenvalue weighted by Crippen LogP contribution is 2.46. The Bertz CT molecular complexity index is 1840. The first-order valence-corrected chi connectivity index (χ1v) is 17.1. The molecule has 2 atom stereocenters. The van der Waals surface area contributed by atoms with Gasteiger partial charge in [0, 0.05) is 29.8 Å². The maximum atomic E-state index is 14.3. The molecule has 4 nitrogen and oxygen atoms in total. The van der Waals surface area contributed by atoms with Crippen molar-refractivity contribution >= 4 is 23.5 Å². The van der Waals surface area contributed by atoms with Gasteiger partial charge in [-0.1, -0.05) is 152 Å². The van der Waals surface area contributed by atoms with Crippen LogP contribution in [0.5, 0.6) is 0 Å². The van der Waals surface area contributed by atoms with Gasteiger partial charge in [0.2, 0.25) is 0 Å². The molecule has 0 radical (unpaired) electrons. The van der Waals surface area contributed by atoms with Crippen molar-refractivity contribution in [3.8, 4) is 11.1 Å². The summed E-state index contributed by atoms with van der Waals surface area (Å²) in [5, 5.41) is 3.67. The van der Waals surface area contributed by atoms with Crippen molar-refractivity contribution in [1.29, 1.82) is 0 Å². The second-order valence-electron chi connectivity index (χ2n) is 13.3. The topological polar surface area (TPSA) is 55.4 Å². The van der Waals surface area contributed by atoms with Gasteiger partial charge >= 0.3 is 6.09 Å². The molecule has 244 valence electrons. The molecule has 1 aliphatic carbocycles. The van der Waals surface area contributed by atoms with Gasteiger partial charge in [0.15, 0.2) is 0 Å². The second kappa shape index (κ2) is 14.6. The van der Waals surface area contributed by atoms with Crippen molar-refractivity contribution in [2.75, 3.05) is 6.61 Å². The summed E-state index contributed by atoms with van der Waals surface area (Å²) in [5.74, 6) is 0.255. The van der Waals surface area contributed by atoms with Crippen LogP contribution in [0, 0.1) is 12.8 Å². The van der Waals surface area contributed by atoms with Crippen molar-refractivity contribution in [1.82, 2.24) is 5.32 Å². The maximum Gasteiger partial charge on any atom is 0.407 e. The van der Waals surface area contributed by atoms with Gasteiger partial charge in [-0.05, 0) is 64.3 Å². The molecule has 0 aromatic heterocycles. The number of carbonyl (C=O) groups excluding carboxylic acids is 2. The summed E-state index contributed by atoms with van der Waals surface area (Å²) in [6, 6.07) is 42.4. The minimum absolute atomic E-state index is 0.0314. The number of Topliss-reactive ketones (excluding diaryl/α,β-unsaturated/α-hetero) is 1. The minimum atomic E-state index is -0.823. The van der Waals surface area contributed by atoms with Crippen molar-refractivity contribution in [3.05, 3.63) is 166 Å². The van der Waals surface area contributed by atoms with Gasteiger partial charge in [0.1, 0.15) is 12.4 Å². The Hall–Kier alpha value is -4.67. The molecule has 5 aromatic rings. The van der Waals surface area contributed by atoms with Crippen LogP contribution in [-0.2, 0) is 14.9 Å². The molecule has 5 aromatic carbocycles. The molecule has 1 amide bonds. The number of fused-ring (bicyclic) bond motifs is 3. The monoisotopic (exact) mass is 655 g/mol. The number of alkyl carbamates (subject to hydrolysis) is 1. The van der Waals surface area contributed by atoms with E-state index in [2.05, 4.69) is 86.8 Å². The molecule has 0 fully saturated rings.